The lowest BCUT2D eigenvalue weighted by Gasteiger charge is -2.41. The summed E-state index contributed by atoms with van der Waals surface area (Å²) in [5.41, 5.74) is 14.6. The molecule has 2 aliphatic carbocycles. The fraction of sp³-hybridized carbons (Fsp3) is 0.205. The summed E-state index contributed by atoms with van der Waals surface area (Å²) in [5.74, 6) is 2.74. The zero-order valence-electron chi connectivity index (χ0n) is 50.0. The van der Waals surface area contributed by atoms with Crippen LogP contribution in [0.25, 0.3) is 66.7 Å². The molecule has 13 rings (SSSR count). The normalized spacial score (nSPS) is 16.0. The number of nitrogens with zero attached hydrogens (tertiary/aromatic N) is 4. The van der Waals surface area contributed by atoms with Gasteiger partial charge in [0.1, 0.15) is 28.7 Å². The molecule has 8 aromatic carbocycles. The van der Waals surface area contributed by atoms with Crippen LogP contribution in [0.5, 0.6) is 11.5 Å². The zero-order chi connectivity index (χ0) is 58.0. The molecule has 0 bridgehead atoms. The molecule has 416 valence electrons. The molecule has 0 fully saturated rings. The molecule has 0 radical (unpaired) electrons. The molecule has 2 aliphatic rings. The Bertz CT molecular complexity index is 4290. The third kappa shape index (κ3) is 10.0. The highest BCUT2D eigenvalue weighted by Crippen LogP contribution is 2.44. The fourth-order valence-corrected chi connectivity index (χ4v) is 18.6. The van der Waals surface area contributed by atoms with Crippen molar-refractivity contribution in [3.8, 4) is 34.1 Å². The molecule has 3 heterocycles. The van der Waals surface area contributed by atoms with Gasteiger partial charge in [-0.3, -0.25) is 4.57 Å². The molecule has 0 spiro atoms. The molecule has 0 aliphatic heterocycles. The van der Waals surface area contributed by atoms with E-state index in [1.807, 2.05) is 6.20 Å². The van der Waals surface area contributed by atoms with Gasteiger partial charge in [-0.25, -0.2) is 4.98 Å². The first kappa shape index (κ1) is 54.4. The lowest BCUT2D eigenvalue weighted by molar-refractivity contribution is -0.556. The Balaban J connectivity index is 0.944. The maximum atomic E-state index is 7.03. The average molecular weight is 1110 g/mol. The van der Waals surface area contributed by atoms with Crippen molar-refractivity contribution in [2.75, 3.05) is 0 Å². The number of aromatic nitrogens is 4. The zero-order valence-corrected chi connectivity index (χ0v) is 51.0. The van der Waals surface area contributed by atoms with E-state index in [9.17, 15) is 0 Å². The summed E-state index contributed by atoms with van der Waals surface area (Å²) in [7, 11) is -2.70. The lowest BCUT2D eigenvalue weighted by Crippen LogP contribution is -2.69. The third-order valence-corrected chi connectivity index (χ3v) is 23.1. The van der Waals surface area contributed by atoms with Gasteiger partial charge in [0.25, 0.3) is 6.33 Å². The Morgan fingerprint density at radius 3 is 1.86 bits per heavy atom. The van der Waals surface area contributed by atoms with Crippen LogP contribution in [0.15, 0.2) is 261 Å². The SMILES string of the molecule is CC(C)(C)C1=C[C@H](C(C)(C)C)CC([n+]2cn(-c3cccc(Oc4ccc5c6cc(-c7ccccc7)ccc6n(-c6cc(C(C)(C)C)ccn6)c5c4)c3)c3cccc(C4=CC=C[C@H]([Si](c5ccccc5)(c5ccccc5)c5ccccc5)C4)c32)=C1. The van der Waals surface area contributed by atoms with E-state index in [-0.39, 0.29) is 21.8 Å². The highest BCUT2D eigenvalue weighted by molar-refractivity contribution is 7.12. The lowest BCUT2D eigenvalue weighted by atomic mass is 9.71. The van der Waals surface area contributed by atoms with Crippen molar-refractivity contribution in [3.05, 3.63) is 272 Å². The minimum atomic E-state index is -2.70. The van der Waals surface area contributed by atoms with Crippen molar-refractivity contribution in [2.24, 2.45) is 16.7 Å². The van der Waals surface area contributed by atoms with Crippen molar-refractivity contribution in [1.82, 2.24) is 14.1 Å². The van der Waals surface area contributed by atoms with Crippen LogP contribution < -0.4 is 24.9 Å². The van der Waals surface area contributed by atoms with E-state index in [0.29, 0.717) is 5.92 Å². The summed E-state index contributed by atoms with van der Waals surface area (Å²) >= 11 is 0. The Morgan fingerprint density at radius 2 is 1.20 bits per heavy atom. The predicted octanol–water partition coefficient (Wildman–Crippen LogP) is 17.9. The highest BCUT2D eigenvalue weighted by Gasteiger charge is 2.46. The Morgan fingerprint density at radius 1 is 0.548 bits per heavy atom. The van der Waals surface area contributed by atoms with Gasteiger partial charge in [-0.05, 0) is 138 Å². The van der Waals surface area contributed by atoms with Crippen LogP contribution in [0, 0.1) is 16.7 Å². The van der Waals surface area contributed by atoms with Crippen molar-refractivity contribution in [1.29, 1.82) is 0 Å². The van der Waals surface area contributed by atoms with Gasteiger partial charge in [0.2, 0.25) is 0 Å². The van der Waals surface area contributed by atoms with Crippen molar-refractivity contribution in [2.45, 2.75) is 86.1 Å². The Labute approximate surface area is 497 Å². The average Bonchev–Trinajstić information content (AvgIpc) is 1.57. The standard InChI is InChI=1S/C78H75N4OSi/c1-76(2,3)57-43-44-79-74(50-57)82-71-42-39-55(54-25-14-10-15-26-54)46-70(71)69-41-40-63(52-73(69)82)83-62-29-23-28-60(51-62)80-53-81(61-48-58(77(4,5)6)47-59(49-61)78(7,8)9)75-68(37-24-38-72(75)80)56-27-22-36-67(45-56)84(64-30-16-11-17-31-64,65-32-18-12-19-33-65)66-34-20-13-21-35-66/h10-44,46-48,50-53,59,67H,45,49H2,1-9H3/q+1/t59-,67-/m0/s1. The smallest absolute Gasteiger partial charge is 0.254 e. The van der Waals surface area contributed by atoms with E-state index in [2.05, 4.69) is 325 Å². The topological polar surface area (TPSA) is 35.9 Å². The number of rotatable bonds is 11. The molecule has 3 aromatic heterocycles. The maximum absolute atomic E-state index is 7.03. The second kappa shape index (κ2) is 21.4. The second-order valence-corrected chi connectivity index (χ2v) is 30.5. The van der Waals surface area contributed by atoms with Gasteiger partial charge in [-0.2, -0.15) is 9.13 Å². The van der Waals surface area contributed by atoms with E-state index in [1.54, 1.807) is 0 Å². The van der Waals surface area contributed by atoms with Crippen molar-refractivity contribution >= 4 is 67.7 Å². The minimum Gasteiger partial charge on any atom is -0.457 e. The molecule has 84 heavy (non-hydrogen) atoms. The molecule has 0 saturated carbocycles. The van der Waals surface area contributed by atoms with Crippen LogP contribution in [-0.4, -0.2) is 22.2 Å². The quantitative estimate of drug-likeness (QED) is 0.0735. The van der Waals surface area contributed by atoms with E-state index >= 15 is 0 Å². The van der Waals surface area contributed by atoms with Crippen LogP contribution in [-0.2, 0) is 5.41 Å². The second-order valence-electron chi connectivity index (χ2n) is 26.4. The largest absolute Gasteiger partial charge is 0.457 e. The first-order chi connectivity index (χ1) is 40.5. The molecule has 0 unspecified atom stereocenters. The number of imidazole rings is 1. The first-order valence-corrected chi connectivity index (χ1v) is 32.0. The van der Waals surface area contributed by atoms with Crippen molar-refractivity contribution < 1.29 is 9.30 Å². The molecular weight excluding hydrogens is 1040 g/mol. The molecule has 2 atom stereocenters. The summed E-state index contributed by atoms with van der Waals surface area (Å²) < 4.78 is 14.3. The molecule has 0 saturated heterocycles. The summed E-state index contributed by atoms with van der Waals surface area (Å²) in [6.45, 7) is 21.0. The number of para-hydroxylation sites is 1. The summed E-state index contributed by atoms with van der Waals surface area (Å²) in [5, 5.41) is 6.57. The van der Waals surface area contributed by atoms with Gasteiger partial charge < -0.3 is 4.74 Å². The number of hydrogen-bond acceptors (Lipinski definition) is 2. The van der Waals surface area contributed by atoms with Gasteiger partial charge in [0.05, 0.1) is 11.0 Å². The summed E-state index contributed by atoms with van der Waals surface area (Å²) in [4.78, 5) is 5.02. The minimum absolute atomic E-state index is 0.0394. The predicted molar refractivity (Wildman–Crippen MR) is 355 cm³/mol. The summed E-state index contributed by atoms with van der Waals surface area (Å²) in [6, 6.07) is 78.0. The number of hydrogen-bond donors (Lipinski definition) is 0. The third-order valence-electron chi connectivity index (χ3n) is 17.9. The molecule has 11 aromatic rings. The van der Waals surface area contributed by atoms with Gasteiger partial charge in [-0.15, -0.1) is 0 Å². The van der Waals surface area contributed by atoms with Crippen LogP contribution in [0.2, 0.25) is 5.54 Å². The fourth-order valence-electron chi connectivity index (χ4n) is 13.3. The van der Waals surface area contributed by atoms with E-state index in [0.717, 1.165) is 57.8 Å². The number of benzene rings is 8. The van der Waals surface area contributed by atoms with Crippen LogP contribution in [0.3, 0.4) is 0 Å². The molecule has 0 amide bonds. The summed E-state index contributed by atoms with van der Waals surface area (Å²) in [6.07, 6.45) is 18.4. The van der Waals surface area contributed by atoms with Gasteiger partial charge >= 0.3 is 0 Å². The van der Waals surface area contributed by atoms with Gasteiger partial charge in [0, 0.05) is 41.1 Å². The molecule has 0 N–H and O–H groups in total. The first-order valence-electron chi connectivity index (χ1n) is 29.9. The highest BCUT2D eigenvalue weighted by atomic mass is 28.3. The van der Waals surface area contributed by atoms with Crippen LogP contribution in [0.4, 0.5) is 0 Å². The van der Waals surface area contributed by atoms with E-state index in [4.69, 9.17) is 9.72 Å². The number of pyridine rings is 1. The van der Waals surface area contributed by atoms with E-state index < -0.39 is 8.07 Å². The van der Waals surface area contributed by atoms with Crippen molar-refractivity contribution in [3.63, 3.8) is 0 Å². The van der Waals surface area contributed by atoms with Crippen LogP contribution in [0.1, 0.15) is 86.3 Å². The Hall–Kier alpha value is -8.84. The number of ether oxygens (including phenoxy) is 1. The monoisotopic (exact) mass is 1110 g/mol. The number of fused-ring (bicyclic) bond motifs is 4. The molecule has 6 heteroatoms. The van der Waals surface area contributed by atoms with Gasteiger partial charge in [-0.1, -0.05) is 232 Å². The van der Waals surface area contributed by atoms with Gasteiger partial charge in [0.15, 0.2) is 19.1 Å². The number of allylic oxidation sites excluding steroid dienone is 8. The molecular formula is C78H75N4OSi+. The van der Waals surface area contributed by atoms with E-state index in [1.165, 1.54) is 65.6 Å². The van der Waals surface area contributed by atoms with Crippen LogP contribution >= 0.6 is 0 Å². The Kier molecular flexibility index (Phi) is 13.9. The maximum Gasteiger partial charge on any atom is 0.254 e. The molecule has 5 nitrogen and oxygen atoms in total.